The summed E-state index contributed by atoms with van der Waals surface area (Å²) >= 11 is 0. The Morgan fingerprint density at radius 3 is 2.17 bits per heavy atom. The van der Waals surface area contributed by atoms with Crippen LogP contribution in [0.15, 0.2) is 97.2 Å². The highest BCUT2D eigenvalue weighted by Crippen LogP contribution is 2.27. The maximum atomic E-state index is 14.5. The minimum absolute atomic E-state index is 0.0348. The largest absolute Gasteiger partial charge is 0.465 e. The molecule has 1 fully saturated rings. The summed E-state index contributed by atoms with van der Waals surface area (Å²) in [5.41, 5.74) is 4.38. The highest BCUT2D eigenvalue weighted by molar-refractivity contribution is 5.88. The molecule has 4 N–H and O–H groups in total. The number of amides is 5. The Bertz CT molecular complexity index is 2040. The molecule has 2 aromatic heterocycles. The number of nitrogens with zero attached hydrogens (tertiary/aromatic N) is 5. The van der Waals surface area contributed by atoms with Crippen LogP contribution in [0.5, 0.6) is 0 Å². The molecule has 2 aromatic carbocycles. The van der Waals surface area contributed by atoms with Gasteiger partial charge in [-0.2, -0.15) is 0 Å². The van der Waals surface area contributed by atoms with E-state index < -0.39 is 47.7 Å². The lowest BCUT2D eigenvalue weighted by molar-refractivity contribution is -0.130. The van der Waals surface area contributed by atoms with Crippen molar-refractivity contribution in [2.45, 2.75) is 104 Å². The van der Waals surface area contributed by atoms with Gasteiger partial charge in [0.05, 0.1) is 30.1 Å². The third-order valence-corrected chi connectivity index (χ3v) is 11.3. The van der Waals surface area contributed by atoms with Crippen molar-refractivity contribution in [2.24, 2.45) is 11.3 Å². The van der Waals surface area contributed by atoms with Gasteiger partial charge in [-0.1, -0.05) is 108 Å². The van der Waals surface area contributed by atoms with E-state index in [1.807, 2.05) is 112 Å². The number of carboxylic acid groups (broad SMARTS) is 1. The first-order chi connectivity index (χ1) is 28.5. The van der Waals surface area contributed by atoms with Gasteiger partial charge in [-0.05, 0) is 72.9 Å². The second kappa shape index (κ2) is 20.4. The fraction of sp³-hybridized carbons (Fsp3) is 0.447. The van der Waals surface area contributed by atoms with Crippen molar-refractivity contribution in [3.63, 3.8) is 0 Å². The smallest absolute Gasteiger partial charge is 0.407 e. The lowest BCUT2D eigenvalue weighted by Gasteiger charge is -2.37. The Morgan fingerprint density at radius 1 is 0.867 bits per heavy atom. The number of carbonyl (C=O) groups excluding carboxylic acids is 3. The first-order valence-corrected chi connectivity index (χ1v) is 20.8. The number of aryl methyl sites for hydroxylation is 1. The number of urea groups is 1. The van der Waals surface area contributed by atoms with Gasteiger partial charge in [0, 0.05) is 43.6 Å². The van der Waals surface area contributed by atoms with E-state index in [1.165, 1.54) is 7.05 Å². The number of aliphatic hydroxyl groups is 1. The molecule has 1 aliphatic heterocycles. The summed E-state index contributed by atoms with van der Waals surface area (Å²) in [4.78, 5) is 68.1. The van der Waals surface area contributed by atoms with Crippen molar-refractivity contribution in [2.75, 3.05) is 20.1 Å². The zero-order valence-corrected chi connectivity index (χ0v) is 35.9. The fourth-order valence-electron chi connectivity index (χ4n) is 8.06. The summed E-state index contributed by atoms with van der Waals surface area (Å²) in [6.07, 6.45) is 0.606. The molecule has 1 aliphatic rings. The third-order valence-electron chi connectivity index (χ3n) is 11.3. The molecule has 5 rings (SSSR count). The molecule has 3 heterocycles. The Balaban J connectivity index is 1.42. The number of benzene rings is 2. The molecule has 0 saturated carbocycles. The van der Waals surface area contributed by atoms with Crippen molar-refractivity contribution in [3.05, 3.63) is 120 Å². The number of aromatic nitrogens is 2. The quantitative estimate of drug-likeness (QED) is 0.0903. The van der Waals surface area contributed by atoms with E-state index in [2.05, 4.69) is 20.6 Å². The van der Waals surface area contributed by atoms with Crippen molar-refractivity contribution in [1.82, 2.24) is 35.3 Å². The molecule has 4 aromatic rings. The van der Waals surface area contributed by atoms with Crippen LogP contribution in [0.1, 0.15) is 70.0 Å². The van der Waals surface area contributed by atoms with E-state index in [1.54, 1.807) is 36.8 Å². The average molecular weight is 820 g/mol. The summed E-state index contributed by atoms with van der Waals surface area (Å²) in [5, 5.41) is 28.4. The SMILES string of the molecule is CCC(C)[C@@H](C(=O)N[C@@H](Cc1ccccc1)[C@@H](O)C[C@H](Cc1ccc(-c2ccccn2)cc1)NC(=O)[C@@H](N(C)C(=O)O)C(C)(C)C)N1CCN(Cc2cccc(C)n2)C1=O. The highest BCUT2D eigenvalue weighted by atomic mass is 16.4. The van der Waals surface area contributed by atoms with Gasteiger partial charge in [0.1, 0.15) is 12.1 Å². The second-order valence-electron chi connectivity index (χ2n) is 17.1. The van der Waals surface area contributed by atoms with E-state index >= 15 is 0 Å². The fourth-order valence-corrected chi connectivity index (χ4v) is 8.06. The molecular formula is C47H61N7O6. The number of nitrogens with one attached hydrogen (secondary N) is 2. The van der Waals surface area contributed by atoms with Gasteiger partial charge < -0.3 is 30.6 Å². The highest BCUT2D eigenvalue weighted by Gasteiger charge is 2.42. The van der Waals surface area contributed by atoms with Crippen LogP contribution in [-0.2, 0) is 29.0 Å². The normalized spacial score (nSPS) is 16.0. The number of hydrogen-bond donors (Lipinski definition) is 4. The van der Waals surface area contributed by atoms with Crippen molar-refractivity contribution < 1.29 is 29.4 Å². The van der Waals surface area contributed by atoms with E-state index in [0.29, 0.717) is 32.5 Å². The minimum atomic E-state index is -1.24. The van der Waals surface area contributed by atoms with Crippen LogP contribution in [0.25, 0.3) is 11.3 Å². The third kappa shape index (κ3) is 11.9. The number of likely N-dealkylation sites (N-methyl/N-ethyl adjacent to an activating group) is 1. The molecular weight excluding hydrogens is 759 g/mol. The zero-order valence-electron chi connectivity index (χ0n) is 35.9. The summed E-state index contributed by atoms with van der Waals surface area (Å²) in [7, 11) is 1.38. The maximum Gasteiger partial charge on any atom is 0.407 e. The van der Waals surface area contributed by atoms with Gasteiger partial charge in [0.15, 0.2) is 0 Å². The van der Waals surface area contributed by atoms with Gasteiger partial charge in [-0.25, -0.2) is 9.59 Å². The van der Waals surface area contributed by atoms with Crippen LogP contribution in [-0.4, -0.2) is 109 Å². The van der Waals surface area contributed by atoms with Crippen LogP contribution in [0.2, 0.25) is 0 Å². The molecule has 60 heavy (non-hydrogen) atoms. The first-order valence-electron chi connectivity index (χ1n) is 20.8. The number of rotatable bonds is 18. The monoisotopic (exact) mass is 819 g/mol. The van der Waals surface area contributed by atoms with Gasteiger partial charge in [-0.15, -0.1) is 0 Å². The molecule has 0 spiro atoms. The Morgan fingerprint density at radius 2 is 1.55 bits per heavy atom. The van der Waals surface area contributed by atoms with Crippen LogP contribution in [0.4, 0.5) is 9.59 Å². The van der Waals surface area contributed by atoms with E-state index in [-0.39, 0.29) is 30.7 Å². The average Bonchev–Trinajstić information content (AvgIpc) is 3.56. The number of hydrogen-bond acceptors (Lipinski definition) is 7. The van der Waals surface area contributed by atoms with Crippen molar-refractivity contribution in [3.8, 4) is 11.3 Å². The molecule has 13 nitrogen and oxygen atoms in total. The van der Waals surface area contributed by atoms with E-state index in [4.69, 9.17) is 0 Å². The topological polar surface area (TPSA) is 168 Å². The molecule has 13 heteroatoms. The van der Waals surface area contributed by atoms with Gasteiger partial charge >= 0.3 is 12.1 Å². The molecule has 0 radical (unpaired) electrons. The lowest BCUT2D eigenvalue weighted by Crippen LogP contribution is -2.58. The molecule has 0 aliphatic carbocycles. The predicted molar refractivity (Wildman–Crippen MR) is 232 cm³/mol. The Labute approximate surface area is 354 Å². The molecule has 6 atom stereocenters. The summed E-state index contributed by atoms with van der Waals surface area (Å²) in [5.74, 6) is -1.05. The molecule has 1 unspecified atom stereocenters. The van der Waals surface area contributed by atoms with Crippen molar-refractivity contribution in [1.29, 1.82) is 0 Å². The molecule has 320 valence electrons. The second-order valence-corrected chi connectivity index (χ2v) is 17.1. The van der Waals surface area contributed by atoms with Crippen molar-refractivity contribution >= 4 is 23.9 Å². The minimum Gasteiger partial charge on any atom is -0.465 e. The summed E-state index contributed by atoms with van der Waals surface area (Å²) in [6.45, 7) is 12.4. The molecule has 0 bridgehead atoms. The lowest BCUT2D eigenvalue weighted by atomic mass is 9.84. The maximum absolute atomic E-state index is 14.5. The first kappa shape index (κ1) is 45.3. The van der Waals surface area contributed by atoms with Crippen LogP contribution >= 0.6 is 0 Å². The van der Waals surface area contributed by atoms with Gasteiger partial charge in [0.25, 0.3) is 0 Å². The molecule has 5 amide bonds. The van der Waals surface area contributed by atoms with Crippen LogP contribution in [0.3, 0.4) is 0 Å². The zero-order chi connectivity index (χ0) is 43.6. The van der Waals surface area contributed by atoms with E-state index in [9.17, 15) is 29.4 Å². The number of aliphatic hydroxyl groups excluding tert-OH is 1. The van der Waals surface area contributed by atoms with Gasteiger partial charge in [0.2, 0.25) is 11.8 Å². The Kier molecular flexibility index (Phi) is 15.4. The predicted octanol–water partition coefficient (Wildman–Crippen LogP) is 6.33. The van der Waals surface area contributed by atoms with E-state index in [0.717, 1.165) is 38.7 Å². The summed E-state index contributed by atoms with van der Waals surface area (Å²) in [6, 6.07) is 25.2. The molecule has 1 saturated heterocycles. The number of pyridine rings is 2. The van der Waals surface area contributed by atoms with Crippen LogP contribution < -0.4 is 10.6 Å². The van der Waals surface area contributed by atoms with Gasteiger partial charge in [-0.3, -0.25) is 24.5 Å². The standard InChI is InChI=1S/C47H61N7O6/c1-8-31(2)41(54-26-25-53(45(54)58)30-36-18-14-15-32(3)49-36)43(56)51-39(28-33-16-10-9-11-17-33)40(55)29-37(50-44(57)42(47(4,5)6)52(7)46(59)60)27-34-20-22-35(23-21-34)38-19-12-13-24-48-38/h9-24,31,37,39-42,55H,8,25-30H2,1-7H3,(H,50,57)(H,51,56)(H,59,60)/t31?,37-,39-,40-,41-,42+/m0/s1. The van der Waals surface area contributed by atoms with Crippen LogP contribution in [0, 0.1) is 18.3 Å². The summed E-state index contributed by atoms with van der Waals surface area (Å²) < 4.78 is 0. The Hall–Kier alpha value is -5.82. The number of carbonyl (C=O) groups is 4.